The number of aryl methyl sites for hydroxylation is 1. The number of aromatic hydroxyl groups is 1. The highest BCUT2D eigenvalue weighted by Gasteiger charge is 2.31. The molecule has 4 rings (SSSR count). The Labute approximate surface area is 168 Å². The Hall–Kier alpha value is -4.11. The van der Waals surface area contributed by atoms with Gasteiger partial charge in [-0.05, 0) is 36.2 Å². The van der Waals surface area contributed by atoms with Gasteiger partial charge < -0.3 is 15.6 Å². The maximum absolute atomic E-state index is 10.5. The van der Waals surface area contributed by atoms with E-state index < -0.39 is 5.92 Å². The number of benzene rings is 2. The van der Waals surface area contributed by atoms with Crippen molar-refractivity contribution in [1.29, 1.82) is 5.26 Å². The maximum Gasteiger partial charge on any atom is 0.205 e. The molecule has 2 aromatic carbocycles. The van der Waals surface area contributed by atoms with Crippen LogP contribution in [-0.4, -0.2) is 16.3 Å². The summed E-state index contributed by atoms with van der Waals surface area (Å²) in [5, 5.41) is 20.1. The van der Waals surface area contributed by atoms with Crippen molar-refractivity contribution >= 4 is 12.0 Å². The lowest BCUT2D eigenvalue weighted by Crippen LogP contribution is -2.21. The third-order valence-corrected chi connectivity index (χ3v) is 4.73. The topological polar surface area (TPSA) is 105 Å². The molecule has 1 aliphatic rings. The second-order valence-corrected chi connectivity index (χ2v) is 6.73. The van der Waals surface area contributed by atoms with Crippen LogP contribution in [0.3, 0.4) is 0 Å². The number of phenols is 1. The number of hydrogen-bond donors (Lipinski definition) is 2. The number of pyridine rings is 1. The van der Waals surface area contributed by atoms with E-state index in [0.717, 1.165) is 16.7 Å². The van der Waals surface area contributed by atoms with Crippen LogP contribution in [0.25, 0.3) is 0 Å². The quantitative estimate of drug-likeness (QED) is 0.665. The smallest absolute Gasteiger partial charge is 0.205 e. The molecular formula is C23H18N4O2. The zero-order valence-electron chi connectivity index (χ0n) is 15.7. The van der Waals surface area contributed by atoms with Gasteiger partial charge in [0.2, 0.25) is 5.88 Å². The molecule has 1 aromatic heterocycles. The third kappa shape index (κ3) is 3.54. The summed E-state index contributed by atoms with van der Waals surface area (Å²) in [4.78, 5) is 8.56. The van der Waals surface area contributed by atoms with Gasteiger partial charge in [0.25, 0.3) is 0 Å². The lowest BCUT2D eigenvalue weighted by molar-refractivity contribution is 0.388. The molecule has 0 spiro atoms. The minimum Gasteiger partial charge on any atom is -0.507 e. The number of aromatic nitrogens is 1. The second-order valence-electron chi connectivity index (χ2n) is 6.73. The number of rotatable bonds is 3. The molecule has 6 nitrogen and oxygen atoms in total. The molecule has 1 aliphatic heterocycles. The van der Waals surface area contributed by atoms with Gasteiger partial charge in [0.05, 0.1) is 5.92 Å². The highest BCUT2D eigenvalue weighted by molar-refractivity contribution is 5.86. The van der Waals surface area contributed by atoms with Crippen molar-refractivity contribution < 1.29 is 9.84 Å². The highest BCUT2D eigenvalue weighted by Crippen LogP contribution is 2.44. The molecule has 1 atom stereocenters. The van der Waals surface area contributed by atoms with E-state index in [1.54, 1.807) is 18.5 Å². The standard InChI is InChI=1S/C23H18N4O2/c1-14-7-8-26-21(9-14)27-13-16-10-17-20(11-19(16)28)29-23(25)18(12-24)22(17)15-5-3-2-4-6-15/h2-11,13,22,28H,25H2,1H3. The highest BCUT2D eigenvalue weighted by atomic mass is 16.5. The Balaban J connectivity index is 1.82. The van der Waals surface area contributed by atoms with Gasteiger partial charge in [-0.1, -0.05) is 30.3 Å². The molecule has 0 bridgehead atoms. The zero-order valence-corrected chi connectivity index (χ0v) is 15.7. The van der Waals surface area contributed by atoms with Crippen molar-refractivity contribution in [2.45, 2.75) is 12.8 Å². The number of phenolic OH excluding ortho intramolecular Hbond substituents is 1. The van der Waals surface area contributed by atoms with Gasteiger partial charge in [-0.25, -0.2) is 9.98 Å². The Morgan fingerprint density at radius 2 is 2.00 bits per heavy atom. The summed E-state index contributed by atoms with van der Waals surface area (Å²) in [5.41, 5.74) is 9.50. The number of aliphatic imine (C=N–C) groups is 1. The van der Waals surface area contributed by atoms with E-state index in [-0.39, 0.29) is 11.6 Å². The van der Waals surface area contributed by atoms with Crippen LogP contribution < -0.4 is 10.5 Å². The predicted octanol–water partition coefficient (Wildman–Crippen LogP) is 4.06. The Morgan fingerprint density at radius 3 is 2.72 bits per heavy atom. The van der Waals surface area contributed by atoms with E-state index in [1.165, 1.54) is 6.07 Å². The zero-order chi connectivity index (χ0) is 20.4. The van der Waals surface area contributed by atoms with E-state index in [2.05, 4.69) is 16.0 Å². The lowest BCUT2D eigenvalue weighted by Gasteiger charge is -2.27. The van der Waals surface area contributed by atoms with Gasteiger partial charge in [-0.2, -0.15) is 5.26 Å². The van der Waals surface area contributed by atoms with Crippen LogP contribution in [0.2, 0.25) is 0 Å². The van der Waals surface area contributed by atoms with Crippen LogP contribution in [0.15, 0.2) is 77.2 Å². The molecule has 0 amide bonds. The average Bonchev–Trinajstić information content (AvgIpc) is 2.72. The van der Waals surface area contributed by atoms with Gasteiger partial charge in [0.1, 0.15) is 23.1 Å². The van der Waals surface area contributed by atoms with E-state index in [1.807, 2.05) is 49.4 Å². The fraction of sp³-hybridized carbons (Fsp3) is 0.0870. The molecule has 0 fully saturated rings. The Bertz CT molecular complexity index is 1180. The van der Waals surface area contributed by atoms with E-state index >= 15 is 0 Å². The molecule has 6 heteroatoms. The van der Waals surface area contributed by atoms with Crippen molar-refractivity contribution in [3.63, 3.8) is 0 Å². The summed E-state index contributed by atoms with van der Waals surface area (Å²) >= 11 is 0. The minimum atomic E-state index is -0.394. The third-order valence-electron chi connectivity index (χ3n) is 4.73. The minimum absolute atomic E-state index is 0.000160. The average molecular weight is 382 g/mol. The van der Waals surface area contributed by atoms with Gasteiger partial charge in [0.15, 0.2) is 5.82 Å². The summed E-state index contributed by atoms with van der Waals surface area (Å²) in [5.74, 6) is 0.604. The summed E-state index contributed by atoms with van der Waals surface area (Å²) in [6.45, 7) is 1.96. The summed E-state index contributed by atoms with van der Waals surface area (Å²) in [6.07, 6.45) is 3.23. The monoisotopic (exact) mass is 382 g/mol. The number of ether oxygens (including phenoxy) is 1. The number of nitriles is 1. The van der Waals surface area contributed by atoms with Crippen molar-refractivity contribution in [3.8, 4) is 17.6 Å². The second kappa shape index (κ2) is 7.49. The Morgan fingerprint density at radius 1 is 1.21 bits per heavy atom. The summed E-state index contributed by atoms with van der Waals surface area (Å²) < 4.78 is 5.62. The lowest BCUT2D eigenvalue weighted by atomic mass is 9.83. The van der Waals surface area contributed by atoms with Crippen LogP contribution >= 0.6 is 0 Å². The van der Waals surface area contributed by atoms with E-state index in [4.69, 9.17) is 10.5 Å². The first kappa shape index (κ1) is 18.3. The molecular weight excluding hydrogens is 364 g/mol. The van der Waals surface area contributed by atoms with Crippen LogP contribution in [0.5, 0.6) is 11.5 Å². The molecule has 2 heterocycles. The molecule has 142 valence electrons. The van der Waals surface area contributed by atoms with Gasteiger partial charge >= 0.3 is 0 Å². The summed E-state index contributed by atoms with van der Waals surface area (Å²) in [7, 11) is 0. The number of allylic oxidation sites excluding steroid dienone is 1. The van der Waals surface area contributed by atoms with Gasteiger partial charge in [0, 0.05) is 29.6 Å². The van der Waals surface area contributed by atoms with Crippen molar-refractivity contribution in [3.05, 3.63) is 94.5 Å². The summed E-state index contributed by atoms with van der Waals surface area (Å²) in [6, 6.07) is 18.7. The molecule has 29 heavy (non-hydrogen) atoms. The number of fused-ring (bicyclic) bond motifs is 1. The van der Waals surface area contributed by atoms with Crippen molar-refractivity contribution in [2.24, 2.45) is 10.7 Å². The molecule has 3 aromatic rings. The maximum atomic E-state index is 10.5. The predicted molar refractivity (Wildman–Crippen MR) is 110 cm³/mol. The van der Waals surface area contributed by atoms with E-state index in [9.17, 15) is 10.4 Å². The Kier molecular flexibility index (Phi) is 4.71. The fourth-order valence-corrected chi connectivity index (χ4v) is 3.33. The van der Waals surface area contributed by atoms with Crippen LogP contribution in [0.1, 0.15) is 28.2 Å². The van der Waals surface area contributed by atoms with Gasteiger partial charge in [-0.3, -0.25) is 0 Å². The molecule has 1 unspecified atom stereocenters. The molecule has 3 N–H and O–H groups in total. The molecule has 0 aliphatic carbocycles. The van der Waals surface area contributed by atoms with Crippen LogP contribution in [0, 0.1) is 18.3 Å². The van der Waals surface area contributed by atoms with Gasteiger partial charge in [-0.15, -0.1) is 0 Å². The normalized spacial score (nSPS) is 15.7. The largest absolute Gasteiger partial charge is 0.507 e. The molecule has 0 saturated carbocycles. The molecule has 0 saturated heterocycles. The first-order chi connectivity index (χ1) is 14.1. The first-order valence-electron chi connectivity index (χ1n) is 9.03. The molecule has 0 radical (unpaired) electrons. The van der Waals surface area contributed by atoms with Crippen LogP contribution in [-0.2, 0) is 0 Å². The fourth-order valence-electron chi connectivity index (χ4n) is 3.33. The van der Waals surface area contributed by atoms with Crippen molar-refractivity contribution in [2.75, 3.05) is 0 Å². The number of nitrogens with zero attached hydrogens (tertiary/aromatic N) is 3. The first-order valence-corrected chi connectivity index (χ1v) is 9.03. The van der Waals surface area contributed by atoms with Crippen LogP contribution in [0.4, 0.5) is 5.82 Å². The SMILES string of the molecule is Cc1ccnc(N=Cc2cc3c(cc2O)OC(N)=C(C#N)C3c2ccccc2)c1. The van der Waals surface area contributed by atoms with E-state index in [0.29, 0.717) is 22.7 Å². The van der Waals surface area contributed by atoms with Crippen molar-refractivity contribution in [1.82, 2.24) is 4.98 Å². The number of nitrogens with two attached hydrogens (primary N) is 1. The number of hydrogen-bond acceptors (Lipinski definition) is 6.